The second-order valence-corrected chi connectivity index (χ2v) is 15.5. The van der Waals surface area contributed by atoms with E-state index in [9.17, 15) is 24.0 Å². The van der Waals surface area contributed by atoms with Crippen LogP contribution < -0.4 is 25.2 Å². The van der Waals surface area contributed by atoms with Crippen molar-refractivity contribution in [3.05, 3.63) is 75.7 Å². The number of hydrogen-bond acceptors (Lipinski definition) is 12. The lowest BCUT2D eigenvalue weighted by atomic mass is 9.93. The first-order valence-corrected chi connectivity index (χ1v) is 19.6. The van der Waals surface area contributed by atoms with Gasteiger partial charge < -0.3 is 24.6 Å². The van der Waals surface area contributed by atoms with Crippen molar-refractivity contribution in [1.29, 1.82) is 5.26 Å². The monoisotopic (exact) mass is 798 g/mol. The number of fused-ring (bicyclic) bond motifs is 1. The molecule has 17 heteroatoms. The van der Waals surface area contributed by atoms with E-state index < -0.39 is 35.5 Å². The Labute approximate surface area is 332 Å². The zero-order valence-electron chi connectivity index (χ0n) is 30.9. The van der Waals surface area contributed by atoms with Crippen molar-refractivity contribution in [3.63, 3.8) is 0 Å². The Hall–Kier alpha value is -5.66. The largest absolute Gasteiger partial charge is 0.490 e. The zero-order chi connectivity index (χ0) is 39.8. The summed E-state index contributed by atoms with van der Waals surface area (Å²) >= 11 is 6.13. The van der Waals surface area contributed by atoms with Gasteiger partial charge in [-0.25, -0.2) is 4.39 Å². The Kier molecular flexibility index (Phi) is 10.8. The van der Waals surface area contributed by atoms with Crippen LogP contribution in [0.3, 0.4) is 0 Å². The van der Waals surface area contributed by atoms with Gasteiger partial charge in [-0.3, -0.25) is 34.2 Å². The molecule has 57 heavy (non-hydrogen) atoms. The van der Waals surface area contributed by atoms with Crippen molar-refractivity contribution in [1.82, 2.24) is 25.7 Å². The highest BCUT2D eigenvalue weighted by Crippen LogP contribution is 2.35. The van der Waals surface area contributed by atoms with Crippen molar-refractivity contribution in [2.24, 2.45) is 0 Å². The fourth-order valence-corrected chi connectivity index (χ4v) is 8.54. The van der Waals surface area contributed by atoms with Gasteiger partial charge in [0.1, 0.15) is 23.7 Å². The fourth-order valence-electron chi connectivity index (χ4n) is 8.32. The molecule has 0 radical (unpaired) electrons. The third kappa shape index (κ3) is 7.99. The number of aromatic nitrogens is 2. The molecule has 2 aromatic carbocycles. The lowest BCUT2D eigenvalue weighted by molar-refractivity contribution is -0.136. The summed E-state index contributed by atoms with van der Waals surface area (Å²) in [5, 5.41) is 23.2. The lowest BCUT2D eigenvalue weighted by Gasteiger charge is -2.33. The molecule has 1 saturated carbocycles. The molecule has 0 spiro atoms. The number of carbonyl (C=O) groups is 5. The molecule has 4 fully saturated rings. The van der Waals surface area contributed by atoms with Gasteiger partial charge in [-0.2, -0.15) is 5.26 Å². The number of anilines is 2. The molecule has 5 heterocycles. The molecular formula is C40H40ClFN8O7. The van der Waals surface area contributed by atoms with Crippen LogP contribution in [0.15, 0.2) is 42.5 Å². The van der Waals surface area contributed by atoms with Crippen LogP contribution in [-0.4, -0.2) is 101 Å². The highest BCUT2D eigenvalue weighted by Gasteiger charge is 2.45. The number of rotatable bonds is 9. The van der Waals surface area contributed by atoms with Gasteiger partial charge in [0.05, 0.1) is 45.7 Å². The maximum absolute atomic E-state index is 15.4. The van der Waals surface area contributed by atoms with E-state index in [-0.39, 0.29) is 65.6 Å². The lowest BCUT2D eigenvalue weighted by Crippen LogP contribution is -2.54. The predicted molar refractivity (Wildman–Crippen MR) is 202 cm³/mol. The van der Waals surface area contributed by atoms with Crippen LogP contribution >= 0.6 is 11.6 Å². The SMILES string of the molecule is N#Cc1ccc(O[C@H]2CC[C@H](NC(=O)c3ccc(N4CCC(O[C@H]5CCN(c6cc7c(cc6F)C(=O)N(C6CCC(=O)NC6=O)C7=O)C5)CC4)nn3)CC2)cc1Cl. The number of carbonyl (C=O) groups excluding carboxylic acids is 5. The predicted octanol–water partition coefficient (Wildman–Crippen LogP) is 3.93. The van der Waals surface area contributed by atoms with Crippen LogP contribution in [0.5, 0.6) is 5.75 Å². The van der Waals surface area contributed by atoms with Crippen LogP contribution in [0.2, 0.25) is 5.02 Å². The van der Waals surface area contributed by atoms with Crippen molar-refractivity contribution < 1.29 is 37.8 Å². The minimum Gasteiger partial charge on any atom is -0.490 e. The van der Waals surface area contributed by atoms with Crippen molar-refractivity contribution in [2.75, 3.05) is 36.0 Å². The van der Waals surface area contributed by atoms with E-state index in [1.54, 1.807) is 30.3 Å². The van der Waals surface area contributed by atoms with Gasteiger partial charge >= 0.3 is 0 Å². The highest BCUT2D eigenvalue weighted by molar-refractivity contribution is 6.31. The zero-order valence-corrected chi connectivity index (χ0v) is 31.7. The Balaban J connectivity index is 0.781. The normalized spacial score (nSPS) is 24.0. The average molecular weight is 799 g/mol. The Morgan fingerprint density at radius 2 is 1.58 bits per heavy atom. The summed E-state index contributed by atoms with van der Waals surface area (Å²) < 4.78 is 27.9. The van der Waals surface area contributed by atoms with Gasteiger partial charge in [-0.1, -0.05) is 11.6 Å². The number of hydrogen-bond donors (Lipinski definition) is 2. The molecule has 5 amide bonds. The summed E-state index contributed by atoms with van der Waals surface area (Å²) in [6, 6.07) is 11.9. The van der Waals surface area contributed by atoms with Gasteiger partial charge in [0.25, 0.3) is 17.7 Å². The third-order valence-corrected chi connectivity index (χ3v) is 11.7. The summed E-state index contributed by atoms with van der Waals surface area (Å²) in [6.07, 6.45) is 5.01. The number of imide groups is 2. The number of ether oxygens (including phenoxy) is 2. The van der Waals surface area contributed by atoms with Crippen LogP contribution in [0.4, 0.5) is 15.9 Å². The molecule has 1 unspecified atom stereocenters. The number of nitrogens with zero attached hydrogens (tertiary/aromatic N) is 6. The number of nitrogens with one attached hydrogen (secondary N) is 2. The van der Waals surface area contributed by atoms with Gasteiger partial charge in [0.2, 0.25) is 11.8 Å². The molecule has 1 aliphatic carbocycles. The van der Waals surface area contributed by atoms with E-state index in [1.807, 2.05) is 11.0 Å². The quantitative estimate of drug-likeness (QED) is 0.298. The van der Waals surface area contributed by atoms with E-state index in [1.165, 1.54) is 6.07 Å². The van der Waals surface area contributed by atoms with Crippen molar-refractivity contribution in [2.45, 2.75) is 88.2 Å². The van der Waals surface area contributed by atoms with Gasteiger partial charge in [0.15, 0.2) is 11.5 Å². The molecule has 3 saturated heterocycles. The molecule has 8 rings (SSSR count). The van der Waals surface area contributed by atoms with Gasteiger partial charge in [-0.05, 0) is 87.8 Å². The van der Waals surface area contributed by atoms with Crippen LogP contribution in [0, 0.1) is 17.1 Å². The maximum atomic E-state index is 15.4. The minimum atomic E-state index is -1.12. The first-order valence-electron chi connectivity index (χ1n) is 19.3. The number of amides is 5. The number of nitriles is 1. The van der Waals surface area contributed by atoms with Crippen LogP contribution in [-0.2, 0) is 14.3 Å². The Morgan fingerprint density at radius 1 is 0.860 bits per heavy atom. The molecule has 0 bridgehead atoms. The molecular weight excluding hydrogens is 759 g/mol. The van der Waals surface area contributed by atoms with E-state index in [0.717, 1.165) is 49.5 Å². The minimum absolute atomic E-state index is 0.000463. The molecule has 3 aromatic rings. The Bertz CT molecular complexity index is 2150. The van der Waals surface area contributed by atoms with Crippen molar-refractivity contribution >= 4 is 52.6 Å². The van der Waals surface area contributed by atoms with E-state index in [0.29, 0.717) is 54.8 Å². The van der Waals surface area contributed by atoms with Crippen LogP contribution in [0.1, 0.15) is 94.6 Å². The number of piperidine rings is 2. The molecule has 2 N–H and O–H groups in total. The fraction of sp³-hybridized carbons (Fsp3) is 0.450. The summed E-state index contributed by atoms with van der Waals surface area (Å²) in [5.74, 6) is -2.23. The van der Waals surface area contributed by atoms with Crippen LogP contribution in [0.25, 0.3) is 0 Å². The van der Waals surface area contributed by atoms with Gasteiger partial charge in [0, 0.05) is 44.7 Å². The topological polar surface area (TPSA) is 187 Å². The standard InChI is InChI=1S/C40H40ClFN8O7/c41-30-17-26(4-1-22(30)20-43)56-24-5-2-23(3-6-24)44-37(52)32-7-9-35(47-46-32)48-14-11-25(12-15-48)57-27-13-16-49(21-27)34-19-29-28(18-31(34)42)39(54)50(40(29)55)33-8-10-36(51)45-38(33)53/h1,4,7,9,17-19,23-25,27,33H,2-3,5-6,8,10-16,21H2,(H,44,52)(H,45,51,53)/t23-,24-,27-,33?/m0/s1. The van der Waals surface area contributed by atoms with Crippen molar-refractivity contribution in [3.8, 4) is 11.8 Å². The first-order chi connectivity index (χ1) is 27.5. The van der Waals surface area contributed by atoms with E-state index in [2.05, 4.69) is 25.7 Å². The first kappa shape index (κ1) is 38.2. The molecule has 1 aromatic heterocycles. The molecule has 296 valence electrons. The second kappa shape index (κ2) is 16.1. The third-order valence-electron chi connectivity index (χ3n) is 11.4. The number of halogens is 2. The summed E-state index contributed by atoms with van der Waals surface area (Å²) in [6.45, 7) is 2.27. The molecule has 2 atom stereocenters. The highest BCUT2D eigenvalue weighted by atomic mass is 35.5. The van der Waals surface area contributed by atoms with Gasteiger partial charge in [-0.15, -0.1) is 10.2 Å². The van der Waals surface area contributed by atoms with E-state index in [4.69, 9.17) is 26.3 Å². The maximum Gasteiger partial charge on any atom is 0.272 e. The second-order valence-electron chi connectivity index (χ2n) is 15.1. The smallest absolute Gasteiger partial charge is 0.272 e. The summed E-state index contributed by atoms with van der Waals surface area (Å²) in [4.78, 5) is 68.1. The molecule has 5 aliphatic rings. The molecule has 4 aliphatic heterocycles. The summed E-state index contributed by atoms with van der Waals surface area (Å²) in [7, 11) is 0. The summed E-state index contributed by atoms with van der Waals surface area (Å²) in [5.41, 5.74) is 0.780. The average Bonchev–Trinajstić information content (AvgIpc) is 3.76. The van der Waals surface area contributed by atoms with E-state index >= 15 is 4.39 Å². The number of benzene rings is 2. The molecule has 15 nitrogen and oxygen atoms in total. The Morgan fingerprint density at radius 3 is 2.26 bits per heavy atom.